The molecular formula is C18H17ClN2O3S2. The van der Waals surface area contributed by atoms with Crippen LogP contribution in [0.5, 0.6) is 0 Å². The number of anilines is 1. The van der Waals surface area contributed by atoms with Crippen LogP contribution in [-0.4, -0.2) is 27.6 Å². The third kappa shape index (κ3) is 4.00. The molecule has 26 heavy (non-hydrogen) atoms. The normalized spacial score (nSPS) is 11.5. The molecule has 8 heteroatoms. The molecule has 0 radical (unpaired) electrons. The van der Waals surface area contributed by atoms with Gasteiger partial charge in [0.1, 0.15) is 0 Å². The minimum atomic E-state index is -3.33. The number of hydrogen-bond acceptors (Lipinski definition) is 4. The summed E-state index contributed by atoms with van der Waals surface area (Å²) in [6.45, 7) is 0.342. The Bertz CT molecular complexity index is 1080. The second-order valence-corrected chi connectivity index (χ2v) is 9.34. The number of hydrogen-bond donors (Lipinski definition) is 1. The van der Waals surface area contributed by atoms with E-state index in [9.17, 15) is 13.2 Å². The first-order valence-electron chi connectivity index (χ1n) is 7.75. The van der Waals surface area contributed by atoms with Gasteiger partial charge in [-0.3, -0.25) is 9.10 Å². The first kappa shape index (κ1) is 18.7. The summed E-state index contributed by atoms with van der Waals surface area (Å²) in [6.07, 6.45) is 1.15. The van der Waals surface area contributed by atoms with Crippen LogP contribution in [0.1, 0.15) is 15.2 Å². The van der Waals surface area contributed by atoms with E-state index in [2.05, 4.69) is 5.32 Å². The van der Waals surface area contributed by atoms with Crippen LogP contribution >= 0.6 is 22.9 Å². The highest BCUT2D eigenvalue weighted by molar-refractivity contribution is 7.92. The van der Waals surface area contributed by atoms with Crippen molar-refractivity contribution in [3.05, 3.63) is 64.0 Å². The van der Waals surface area contributed by atoms with Crippen molar-refractivity contribution in [1.29, 1.82) is 0 Å². The van der Waals surface area contributed by atoms with E-state index in [-0.39, 0.29) is 5.91 Å². The van der Waals surface area contributed by atoms with E-state index >= 15 is 0 Å². The molecular weight excluding hydrogens is 392 g/mol. The highest BCUT2D eigenvalue weighted by Crippen LogP contribution is 2.30. The van der Waals surface area contributed by atoms with E-state index in [4.69, 9.17) is 11.6 Å². The zero-order valence-electron chi connectivity index (χ0n) is 14.2. The molecule has 1 aromatic heterocycles. The molecule has 0 spiro atoms. The molecule has 0 aliphatic rings. The predicted octanol–water partition coefficient (Wildman–Crippen LogP) is 3.88. The molecule has 0 atom stereocenters. The van der Waals surface area contributed by atoms with E-state index in [1.807, 2.05) is 24.3 Å². The number of rotatable bonds is 5. The molecule has 1 N–H and O–H groups in total. The summed E-state index contributed by atoms with van der Waals surface area (Å²) in [4.78, 5) is 13.0. The molecule has 0 aliphatic heterocycles. The number of benzene rings is 2. The van der Waals surface area contributed by atoms with E-state index in [1.165, 1.54) is 22.7 Å². The number of carbonyl (C=O) groups is 1. The fourth-order valence-corrected chi connectivity index (χ4v) is 4.09. The largest absolute Gasteiger partial charge is 0.347 e. The molecule has 5 nitrogen and oxygen atoms in total. The van der Waals surface area contributed by atoms with Crippen LogP contribution in [0, 0.1) is 0 Å². The minimum Gasteiger partial charge on any atom is -0.347 e. The number of thiophene rings is 1. The van der Waals surface area contributed by atoms with Gasteiger partial charge in [0.05, 0.1) is 16.8 Å². The third-order valence-corrected chi connectivity index (χ3v) is 6.67. The van der Waals surface area contributed by atoms with Gasteiger partial charge in [-0.25, -0.2) is 8.42 Å². The van der Waals surface area contributed by atoms with Gasteiger partial charge in [0, 0.05) is 23.3 Å². The van der Waals surface area contributed by atoms with Gasteiger partial charge in [0.25, 0.3) is 5.91 Å². The average molecular weight is 409 g/mol. The van der Waals surface area contributed by atoms with Gasteiger partial charge >= 0.3 is 0 Å². The molecule has 0 unspecified atom stereocenters. The van der Waals surface area contributed by atoms with Crippen LogP contribution in [-0.2, 0) is 16.6 Å². The van der Waals surface area contributed by atoms with E-state index in [0.29, 0.717) is 22.1 Å². The van der Waals surface area contributed by atoms with Crippen molar-refractivity contribution in [2.24, 2.45) is 0 Å². The Kier molecular flexibility index (Phi) is 5.22. The second-order valence-electron chi connectivity index (χ2n) is 5.84. The number of nitrogens with one attached hydrogen (secondary N) is 1. The maximum Gasteiger partial charge on any atom is 0.261 e. The smallest absolute Gasteiger partial charge is 0.261 e. The molecule has 1 amide bonds. The maximum atomic E-state index is 12.4. The SMILES string of the molecule is CN(c1ccc2sc(C(=O)NCc3ccccc3Cl)cc2c1)S(C)(=O)=O. The van der Waals surface area contributed by atoms with Crippen molar-refractivity contribution < 1.29 is 13.2 Å². The van der Waals surface area contributed by atoms with Crippen LogP contribution < -0.4 is 9.62 Å². The van der Waals surface area contributed by atoms with Gasteiger partial charge in [0.2, 0.25) is 10.0 Å². The Labute approximate surface area is 161 Å². The van der Waals surface area contributed by atoms with Crippen molar-refractivity contribution in [2.75, 3.05) is 17.6 Å². The molecule has 136 valence electrons. The summed E-state index contributed by atoms with van der Waals surface area (Å²) in [5.74, 6) is -0.191. The van der Waals surface area contributed by atoms with Crippen molar-refractivity contribution >= 4 is 54.6 Å². The molecule has 0 fully saturated rings. The summed E-state index contributed by atoms with van der Waals surface area (Å²) in [5, 5.41) is 4.29. The zero-order valence-corrected chi connectivity index (χ0v) is 16.6. The highest BCUT2D eigenvalue weighted by atomic mass is 35.5. The summed E-state index contributed by atoms with van der Waals surface area (Å²) < 4.78 is 25.5. The van der Waals surface area contributed by atoms with Crippen LogP contribution in [0.3, 0.4) is 0 Å². The Morgan fingerprint density at radius 1 is 1.19 bits per heavy atom. The molecule has 1 heterocycles. The van der Waals surface area contributed by atoms with E-state index in [1.54, 1.807) is 24.3 Å². The minimum absolute atomic E-state index is 0.191. The second kappa shape index (κ2) is 7.26. The van der Waals surface area contributed by atoms with Gasteiger partial charge in [-0.15, -0.1) is 11.3 Å². The first-order chi connectivity index (χ1) is 12.3. The number of nitrogens with zero attached hydrogens (tertiary/aromatic N) is 1. The zero-order chi connectivity index (χ0) is 18.9. The van der Waals surface area contributed by atoms with Gasteiger partial charge in [-0.1, -0.05) is 29.8 Å². The van der Waals surface area contributed by atoms with Crippen LogP contribution in [0.2, 0.25) is 5.02 Å². The molecule has 3 rings (SSSR count). The fraction of sp³-hybridized carbons (Fsp3) is 0.167. The van der Waals surface area contributed by atoms with Gasteiger partial charge in [-0.2, -0.15) is 0 Å². The average Bonchev–Trinajstić information content (AvgIpc) is 3.02. The Balaban J connectivity index is 1.80. The van der Waals surface area contributed by atoms with Crippen molar-refractivity contribution in [2.45, 2.75) is 6.54 Å². The monoisotopic (exact) mass is 408 g/mol. The molecule has 2 aromatic carbocycles. The Morgan fingerprint density at radius 3 is 2.62 bits per heavy atom. The number of halogens is 1. The predicted molar refractivity (Wildman–Crippen MR) is 108 cm³/mol. The lowest BCUT2D eigenvalue weighted by Gasteiger charge is -2.16. The topological polar surface area (TPSA) is 66.5 Å². The van der Waals surface area contributed by atoms with E-state index < -0.39 is 10.0 Å². The highest BCUT2D eigenvalue weighted by Gasteiger charge is 2.15. The number of amides is 1. The first-order valence-corrected chi connectivity index (χ1v) is 10.8. The summed E-state index contributed by atoms with van der Waals surface area (Å²) >= 11 is 7.46. The lowest BCUT2D eigenvalue weighted by Crippen LogP contribution is -2.24. The van der Waals surface area contributed by atoms with Crippen LogP contribution in [0.4, 0.5) is 5.69 Å². The summed E-state index contributed by atoms with van der Waals surface area (Å²) in [6, 6.07) is 14.4. The molecule has 0 saturated carbocycles. The lowest BCUT2D eigenvalue weighted by molar-refractivity contribution is 0.0955. The van der Waals surface area contributed by atoms with E-state index in [0.717, 1.165) is 21.9 Å². The van der Waals surface area contributed by atoms with Crippen LogP contribution in [0.15, 0.2) is 48.5 Å². The summed E-state index contributed by atoms with van der Waals surface area (Å²) in [5.41, 5.74) is 1.40. The molecule has 0 bridgehead atoms. The number of sulfonamides is 1. The van der Waals surface area contributed by atoms with Crippen molar-refractivity contribution in [1.82, 2.24) is 5.32 Å². The third-order valence-electron chi connectivity index (χ3n) is 3.98. The maximum absolute atomic E-state index is 12.4. The molecule has 3 aromatic rings. The Morgan fingerprint density at radius 2 is 1.92 bits per heavy atom. The number of carbonyl (C=O) groups excluding carboxylic acids is 1. The van der Waals surface area contributed by atoms with Gasteiger partial charge < -0.3 is 5.32 Å². The number of fused-ring (bicyclic) bond motifs is 1. The fourth-order valence-electron chi connectivity index (χ4n) is 2.43. The van der Waals surface area contributed by atoms with Gasteiger partial charge in [-0.05, 0) is 41.3 Å². The lowest BCUT2D eigenvalue weighted by atomic mass is 10.2. The quantitative estimate of drug-likeness (QED) is 0.696. The Hall–Kier alpha value is -2.09. The van der Waals surface area contributed by atoms with Crippen molar-refractivity contribution in [3.63, 3.8) is 0 Å². The standard InChI is InChI=1S/C18H17ClN2O3S2/c1-21(26(2,23)24)14-7-8-16-13(9-14)10-17(25-16)18(22)20-11-12-5-3-4-6-15(12)19/h3-10H,11H2,1-2H3,(H,20,22). The molecule has 0 aliphatic carbocycles. The van der Waals surface area contributed by atoms with Gasteiger partial charge in [0.15, 0.2) is 0 Å². The van der Waals surface area contributed by atoms with Crippen LogP contribution in [0.25, 0.3) is 10.1 Å². The van der Waals surface area contributed by atoms with Crippen molar-refractivity contribution in [3.8, 4) is 0 Å². The molecule has 0 saturated heterocycles. The summed E-state index contributed by atoms with van der Waals surface area (Å²) in [7, 11) is -1.83.